The zero-order valence-electron chi connectivity index (χ0n) is 14.9. The molecule has 0 spiro atoms. The van der Waals surface area contributed by atoms with Crippen LogP contribution in [0, 0.1) is 5.92 Å². The quantitative estimate of drug-likeness (QED) is 0.742. The third-order valence-electron chi connectivity index (χ3n) is 4.64. The van der Waals surface area contributed by atoms with E-state index in [1.807, 2.05) is 38.1 Å². The number of carbonyl (C=O) groups excluding carboxylic acids is 2. The minimum atomic E-state index is -0.631. The van der Waals surface area contributed by atoms with Gasteiger partial charge in [0, 0.05) is 5.92 Å². The van der Waals surface area contributed by atoms with E-state index >= 15 is 0 Å². The van der Waals surface area contributed by atoms with E-state index in [1.165, 1.54) is 11.1 Å². The highest BCUT2D eigenvalue weighted by Crippen LogP contribution is 2.44. The van der Waals surface area contributed by atoms with Gasteiger partial charge in [-0.25, -0.2) is 4.79 Å². The highest BCUT2D eigenvalue weighted by Gasteiger charge is 2.29. The Hall–Kier alpha value is -2.27. The Morgan fingerprint density at radius 3 is 2.08 bits per heavy atom. The van der Waals surface area contributed by atoms with Crippen LogP contribution in [0.1, 0.15) is 37.3 Å². The standard InChI is InChI=1S/C21H23NO3S/c1-13(2)11-19(20(23)26)22-21(24)25-12-18-16-9-5-3-7-14(16)15-8-4-6-10-17(15)18/h3-10,13,18-19H,11-12H2,1-2H3,(H,22,24)(H,23,26)/t19-/m0/s1. The number of fused-ring (bicyclic) bond motifs is 3. The van der Waals surface area contributed by atoms with Gasteiger partial charge in [-0.3, -0.25) is 4.79 Å². The van der Waals surface area contributed by atoms with Gasteiger partial charge in [-0.2, -0.15) is 0 Å². The molecule has 2 aromatic rings. The second-order valence-corrected chi connectivity index (χ2v) is 7.43. The molecule has 1 N–H and O–H groups in total. The van der Waals surface area contributed by atoms with Crippen molar-refractivity contribution >= 4 is 23.8 Å². The van der Waals surface area contributed by atoms with Crippen molar-refractivity contribution in [3.8, 4) is 11.1 Å². The molecule has 0 aliphatic heterocycles. The van der Waals surface area contributed by atoms with Crippen LogP contribution in [0.2, 0.25) is 0 Å². The Bertz CT molecular complexity index is 773. The fourth-order valence-corrected chi connectivity index (χ4v) is 3.65. The molecule has 4 nitrogen and oxygen atoms in total. The minimum Gasteiger partial charge on any atom is -0.449 e. The summed E-state index contributed by atoms with van der Waals surface area (Å²) in [6, 6.07) is 15.7. The maximum atomic E-state index is 12.2. The Morgan fingerprint density at radius 1 is 1.04 bits per heavy atom. The van der Waals surface area contributed by atoms with Crippen LogP contribution in [-0.4, -0.2) is 23.9 Å². The van der Waals surface area contributed by atoms with E-state index < -0.39 is 12.1 Å². The van der Waals surface area contributed by atoms with E-state index in [-0.39, 0.29) is 23.6 Å². The molecular formula is C21H23NO3S. The van der Waals surface area contributed by atoms with Crippen LogP contribution in [0.4, 0.5) is 4.79 Å². The Balaban J connectivity index is 1.70. The molecule has 0 saturated heterocycles. The van der Waals surface area contributed by atoms with Crippen molar-refractivity contribution in [3.63, 3.8) is 0 Å². The number of amides is 1. The average molecular weight is 369 g/mol. The molecule has 1 aliphatic carbocycles. The first-order valence-corrected chi connectivity index (χ1v) is 9.26. The van der Waals surface area contributed by atoms with E-state index in [9.17, 15) is 9.59 Å². The molecular weight excluding hydrogens is 346 g/mol. The summed E-state index contributed by atoms with van der Waals surface area (Å²) in [4.78, 5) is 23.8. The molecule has 0 aromatic heterocycles. The van der Waals surface area contributed by atoms with Gasteiger partial charge in [0.25, 0.3) is 0 Å². The van der Waals surface area contributed by atoms with Crippen molar-refractivity contribution in [1.29, 1.82) is 0 Å². The van der Waals surface area contributed by atoms with Gasteiger partial charge >= 0.3 is 6.09 Å². The van der Waals surface area contributed by atoms with E-state index in [0.717, 1.165) is 11.1 Å². The summed E-state index contributed by atoms with van der Waals surface area (Å²) in [5.74, 6) is 0.272. The number of hydrogen-bond donors (Lipinski definition) is 2. The molecule has 0 saturated carbocycles. The van der Waals surface area contributed by atoms with Gasteiger partial charge in [-0.05, 0) is 34.6 Å². The zero-order valence-corrected chi connectivity index (χ0v) is 15.8. The number of nitrogens with one attached hydrogen (secondary N) is 1. The van der Waals surface area contributed by atoms with Crippen LogP contribution in [0.3, 0.4) is 0 Å². The highest BCUT2D eigenvalue weighted by atomic mass is 32.1. The monoisotopic (exact) mass is 369 g/mol. The predicted octanol–water partition coefficient (Wildman–Crippen LogP) is 4.40. The van der Waals surface area contributed by atoms with Crippen LogP contribution < -0.4 is 5.32 Å². The predicted molar refractivity (Wildman–Crippen MR) is 105 cm³/mol. The van der Waals surface area contributed by atoms with Crippen LogP contribution in [0.5, 0.6) is 0 Å². The molecule has 136 valence electrons. The average Bonchev–Trinajstić information content (AvgIpc) is 2.93. The normalized spacial score (nSPS) is 13.8. The molecule has 0 bridgehead atoms. The molecule has 0 heterocycles. The Morgan fingerprint density at radius 2 is 1.58 bits per heavy atom. The molecule has 1 atom stereocenters. The lowest BCUT2D eigenvalue weighted by molar-refractivity contribution is -0.112. The fourth-order valence-electron chi connectivity index (χ4n) is 3.48. The van der Waals surface area contributed by atoms with Gasteiger partial charge < -0.3 is 10.1 Å². The number of thiol groups is 1. The van der Waals surface area contributed by atoms with Crippen molar-refractivity contribution in [2.24, 2.45) is 5.92 Å². The highest BCUT2D eigenvalue weighted by molar-refractivity contribution is 7.96. The van der Waals surface area contributed by atoms with Gasteiger partial charge in [-0.15, -0.1) is 12.6 Å². The topological polar surface area (TPSA) is 55.4 Å². The van der Waals surface area contributed by atoms with Crippen LogP contribution in [0.15, 0.2) is 48.5 Å². The fraction of sp³-hybridized carbons (Fsp3) is 0.333. The van der Waals surface area contributed by atoms with Gasteiger partial charge in [0.1, 0.15) is 12.6 Å². The number of rotatable bonds is 6. The van der Waals surface area contributed by atoms with Crippen molar-refractivity contribution in [2.75, 3.05) is 6.61 Å². The summed E-state index contributed by atoms with van der Waals surface area (Å²) in [5, 5.41) is 2.28. The molecule has 0 fully saturated rings. The number of benzene rings is 2. The maximum Gasteiger partial charge on any atom is 0.407 e. The lowest BCUT2D eigenvalue weighted by Gasteiger charge is -2.19. The summed E-state index contributed by atoms with van der Waals surface area (Å²) in [7, 11) is 0. The lowest BCUT2D eigenvalue weighted by atomic mass is 9.98. The van der Waals surface area contributed by atoms with Crippen molar-refractivity contribution in [2.45, 2.75) is 32.2 Å². The second kappa shape index (κ2) is 7.96. The maximum absolute atomic E-state index is 12.2. The molecule has 0 unspecified atom stereocenters. The molecule has 0 radical (unpaired) electrons. The third-order valence-corrected chi connectivity index (χ3v) is 4.95. The van der Waals surface area contributed by atoms with E-state index in [2.05, 4.69) is 42.2 Å². The Labute approximate surface area is 159 Å². The molecule has 1 aliphatic rings. The summed E-state index contributed by atoms with van der Waals surface area (Å²) in [6.45, 7) is 4.21. The summed E-state index contributed by atoms with van der Waals surface area (Å²) in [5.41, 5.74) is 4.68. The van der Waals surface area contributed by atoms with E-state index in [0.29, 0.717) is 6.42 Å². The van der Waals surface area contributed by atoms with Crippen molar-refractivity contribution in [1.82, 2.24) is 5.32 Å². The van der Waals surface area contributed by atoms with Gasteiger partial charge in [-0.1, -0.05) is 62.4 Å². The molecule has 2 aromatic carbocycles. The SMILES string of the molecule is CC(C)C[C@H](NC(=O)OCC1c2ccccc2-c2ccccc21)C(=O)S. The van der Waals surface area contributed by atoms with Crippen molar-refractivity contribution in [3.05, 3.63) is 59.7 Å². The molecule has 3 rings (SSSR count). The number of carbonyl (C=O) groups is 2. The first kappa shape index (κ1) is 18.5. The molecule has 1 amide bonds. The van der Waals surface area contributed by atoms with Crippen LogP contribution >= 0.6 is 12.6 Å². The number of hydrogen-bond acceptors (Lipinski definition) is 3. The third kappa shape index (κ3) is 3.93. The summed E-state index contributed by atoms with van der Waals surface area (Å²) < 4.78 is 5.47. The van der Waals surface area contributed by atoms with Crippen LogP contribution in [-0.2, 0) is 9.53 Å². The Kier molecular flexibility index (Phi) is 5.67. The van der Waals surface area contributed by atoms with Gasteiger partial charge in [0.15, 0.2) is 0 Å². The lowest BCUT2D eigenvalue weighted by Crippen LogP contribution is -2.40. The smallest absolute Gasteiger partial charge is 0.407 e. The second-order valence-electron chi connectivity index (χ2n) is 6.99. The van der Waals surface area contributed by atoms with Gasteiger partial charge in [0.2, 0.25) is 5.12 Å². The van der Waals surface area contributed by atoms with Gasteiger partial charge in [0.05, 0.1) is 0 Å². The minimum absolute atomic E-state index is 0.00315. The summed E-state index contributed by atoms with van der Waals surface area (Å²) in [6.07, 6.45) is -0.0492. The zero-order chi connectivity index (χ0) is 18.7. The van der Waals surface area contributed by atoms with E-state index in [4.69, 9.17) is 4.74 Å². The van der Waals surface area contributed by atoms with Crippen LogP contribution in [0.25, 0.3) is 11.1 Å². The molecule has 5 heteroatoms. The number of alkyl carbamates (subject to hydrolysis) is 1. The number of ether oxygens (including phenoxy) is 1. The first-order chi connectivity index (χ1) is 12.5. The summed E-state index contributed by atoms with van der Waals surface area (Å²) >= 11 is 3.86. The largest absolute Gasteiger partial charge is 0.449 e. The first-order valence-electron chi connectivity index (χ1n) is 8.81. The van der Waals surface area contributed by atoms with E-state index in [1.54, 1.807) is 0 Å². The molecule has 26 heavy (non-hydrogen) atoms. The van der Waals surface area contributed by atoms with Crippen molar-refractivity contribution < 1.29 is 14.3 Å².